The third-order valence-corrected chi connectivity index (χ3v) is 12.2. The fraction of sp³-hybridized carbons (Fsp3) is 0.0909. The highest BCUT2D eigenvalue weighted by Gasteiger charge is 2.36. The van der Waals surface area contributed by atoms with Crippen LogP contribution < -0.4 is 0 Å². The Labute approximate surface area is 356 Å². The number of aromatic nitrogens is 2. The minimum Gasteiger partial charge on any atom is -0.307 e. The second kappa shape index (κ2) is 14.4. The number of fused-ring (bicyclic) bond motifs is 6. The summed E-state index contributed by atoms with van der Waals surface area (Å²) in [6.45, 7) is 8.33. The number of alkyl halides is 3. The predicted octanol–water partition coefficient (Wildman–Crippen LogP) is 14.9. The lowest BCUT2D eigenvalue weighted by Gasteiger charge is -2.21. The Morgan fingerprint density at radius 2 is 0.919 bits per heavy atom. The minimum absolute atomic E-state index is 0.00477. The molecule has 4 nitrogen and oxygen atoms in total. The number of para-hydroxylation sites is 2. The molecule has 62 heavy (non-hydrogen) atoms. The van der Waals surface area contributed by atoms with Crippen LogP contribution in [0.3, 0.4) is 0 Å². The van der Waals surface area contributed by atoms with E-state index in [-0.39, 0.29) is 22.3 Å². The zero-order chi connectivity index (χ0) is 43.0. The van der Waals surface area contributed by atoms with E-state index in [0.717, 1.165) is 94.2 Å². The van der Waals surface area contributed by atoms with Gasteiger partial charge in [0.05, 0.1) is 62.3 Å². The van der Waals surface area contributed by atoms with E-state index in [1.54, 1.807) is 12.1 Å². The van der Waals surface area contributed by atoms with Gasteiger partial charge in [-0.25, -0.2) is 0 Å². The maximum atomic E-state index is 15.0. The topological polar surface area (TPSA) is 57.4 Å². The molecule has 0 N–H and O–H groups in total. The highest BCUT2D eigenvalue weighted by molar-refractivity contribution is 6.13. The Morgan fingerprint density at radius 3 is 1.40 bits per heavy atom. The van der Waals surface area contributed by atoms with E-state index in [9.17, 15) is 10.5 Å². The third kappa shape index (κ3) is 6.05. The number of benzene rings is 8. The molecular formula is C55H37F3N4. The molecule has 2 aromatic heterocycles. The number of hydrogen-bond donors (Lipinski definition) is 0. The lowest BCUT2D eigenvalue weighted by atomic mass is 9.90. The summed E-state index contributed by atoms with van der Waals surface area (Å²) in [5.74, 6) is 0. The van der Waals surface area contributed by atoms with E-state index in [0.29, 0.717) is 11.4 Å². The first-order valence-corrected chi connectivity index (χ1v) is 20.4. The normalized spacial score (nSPS) is 11.8. The summed E-state index contributed by atoms with van der Waals surface area (Å²) >= 11 is 0. The van der Waals surface area contributed by atoms with Crippen molar-refractivity contribution in [3.05, 3.63) is 191 Å². The van der Waals surface area contributed by atoms with Gasteiger partial charge in [0.1, 0.15) is 0 Å². The Balaban J connectivity index is 1.39. The first-order valence-electron chi connectivity index (χ1n) is 20.4. The monoisotopic (exact) mass is 810 g/mol. The van der Waals surface area contributed by atoms with Crippen molar-refractivity contribution < 1.29 is 13.2 Å². The molecule has 0 aliphatic carbocycles. The maximum Gasteiger partial charge on any atom is 0.417 e. The van der Waals surface area contributed by atoms with Crippen LogP contribution in [0.15, 0.2) is 152 Å². The van der Waals surface area contributed by atoms with Crippen molar-refractivity contribution in [1.82, 2.24) is 9.13 Å². The van der Waals surface area contributed by atoms with Gasteiger partial charge in [-0.05, 0) is 110 Å². The molecule has 2 heterocycles. The molecule has 0 fully saturated rings. The van der Waals surface area contributed by atoms with Gasteiger partial charge in [0.15, 0.2) is 0 Å². The molecule has 0 unspecified atom stereocenters. The van der Waals surface area contributed by atoms with Crippen LogP contribution in [0.5, 0.6) is 0 Å². The quantitative estimate of drug-likeness (QED) is 0.174. The van der Waals surface area contributed by atoms with Crippen molar-refractivity contribution >= 4 is 43.6 Å². The van der Waals surface area contributed by atoms with Crippen LogP contribution in [0.2, 0.25) is 0 Å². The zero-order valence-corrected chi connectivity index (χ0v) is 34.4. The second-order valence-corrected chi connectivity index (χ2v) is 16.1. The molecule has 0 spiro atoms. The van der Waals surface area contributed by atoms with E-state index in [1.165, 1.54) is 12.1 Å². The predicted molar refractivity (Wildman–Crippen MR) is 245 cm³/mol. The van der Waals surface area contributed by atoms with Crippen molar-refractivity contribution in [2.45, 2.75) is 33.9 Å². The van der Waals surface area contributed by atoms with Gasteiger partial charge < -0.3 is 9.13 Å². The molecular weight excluding hydrogens is 774 g/mol. The standard InChI is InChI=1S/C55H37F3N4/c1-32-16-20-40(34(3)24-32)36-18-22-44-42-11-5-7-14-48(42)61(50(44)26-36)52-28-39(31-60)46(54-38(30-59)10-9-13-47(54)55(56,57)58)29-53(52)62-49-15-8-6-12-43(49)45-23-19-37(27-51(45)62)41-21-17-33(2)25-35(41)4/h5-29H,1-4H3. The third-order valence-electron chi connectivity index (χ3n) is 12.2. The molecule has 0 aliphatic rings. The SMILES string of the molecule is Cc1ccc(-c2ccc3c4ccccc4n(-c4cc(C#N)c(-c5c(C#N)cccc5C(F)(F)F)cc4-n4c5ccccc5c5ccc(-c6ccc(C)cc6C)cc54)c3c2)c(C)c1. The Morgan fingerprint density at radius 1 is 0.435 bits per heavy atom. The van der Waals surface area contributed by atoms with Crippen molar-refractivity contribution in [2.75, 3.05) is 0 Å². The average Bonchev–Trinajstić information content (AvgIpc) is 3.77. The van der Waals surface area contributed by atoms with Crippen LogP contribution in [0.25, 0.3) is 88.4 Å². The van der Waals surface area contributed by atoms with Gasteiger partial charge in [0, 0.05) is 32.7 Å². The van der Waals surface area contributed by atoms with Crippen molar-refractivity contribution in [2.24, 2.45) is 0 Å². The minimum atomic E-state index is -4.81. The van der Waals surface area contributed by atoms with E-state index in [2.05, 4.69) is 128 Å². The molecule has 7 heteroatoms. The number of aryl methyl sites for hydroxylation is 4. The fourth-order valence-electron chi connectivity index (χ4n) is 9.48. The molecule has 0 aliphatic heterocycles. The molecule has 0 bridgehead atoms. The largest absolute Gasteiger partial charge is 0.417 e. The van der Waals surface area contributed by atoms with Crippen molar-refractivity contribution in [3.8, 4) is 56.9 Å². The molecule has 298 valence electrons. The van der Waals surface area contributed by atoms with Gasteiger partial charge in [-0.3, -0.25) is 0 Å². The second-order valence-electron chi connectivity index (χ2n) is 16.1. The summed E-state index contributed by atoms with van der Waals surface area (Å²) in [6.07, 6.45) is -4.81. The average molecular weight is 811 g/mol. The van der Waals surface area contributed by atoms with Crippen molar-refractivity contribution in [1.29, 1.82) is 10.5 Å². The Bertz CT molecular complexity index is 3590. The molecule has 0 atom stereocenters. The van der Waals surface area contributed by atoms with E-state index >= 15 is 13.2 Å². The van der Waals surface area contributed by atoms with Crippen LogP contribution in [0, 0.1) is 50.4 Å². The molecule has 10 aromatic rings. The molecule has 0 radical (unpaired) electrons. The first-order chi connectivity index (χ1) is 29.9. The van der Waals surface area contributed by atoms with E-state index in [1.807, 2.05) is 42.5 Å². The van der Waals surface area contributed by atoms with Gasteiger partial charge in [-0.2, -0.15) is 23.7 Å². The lowest BCUT2D eigenvalue weighted by molar-refractivity contribution is -0.137. The van der Waals surface area contributed by atoms with Crippen molar-refractivity contribution in [3.63, 3.8) is 0 Å². The summed E-state index contributed by atoms with van der Waals surface area (Å²) in [7, 11) is 0. The van der Waals surface area contributed by atoms with Crippen LogP contribution in [-0.4, -0.2) is 9.13 Å². The van der Waals surface area contributed by atoms with Crippen LogP contribution >= 0.6 is 0 Å². The zero-order valence-electron chi connectivity index (χ0n) is 34.4. The van der Waals surface area contributed by atoms with Gasteiger partial charge in [0.25, 0.3) is 0 Å². The summed E-state index contributed by atoms with van der Waals surface area (Å²) in [5, 5.41) is 25.2. The fourth-order valence-corrected chi connectivity index (χ4v) is 9.48. The lowest BCUT2D eigenvalue weighted by Crippen LogP contribution is -2.10. The molecule has 8 aromatic carbocycles. The highest BCUT2D eigenvalue weighted by atomic mass is 19.4. The number of rotatable bonds is 5. The number of hydrogen-bond acceptors (Lipinski definition) is 2. The van der Waals surface area contributed by atoms with Crippen LogP contribution in [-0.2, 0) is 6.18 Å². The summed E-state index contributed by atoms with van der Waals surface area (Å²) in [5.41, 5.74) is 11.8. The van der Waals surface area contributed by atoms with E-state index < -0.39 is 11.7 Å². The van der Waals surface area contributed by atoms with Crippen LogP contribution in [0.1, 0.15) is 38.9 Å². The first kappa shape index (κ1) is 38.3. The highest BCUT2D eigenvalue weighted by Crippen LogP contribution is 2.46. The molecule has 0 saturated heterocycles. The summed E-state index contributed by atoms with van der Waals surface area (Å²) < 4.78 is 49.3. The smallest absolute Gasteiger partial charge is 0.307 e. The summed E-state index contributed by atoms with van der Waals surface area (Å²) in [4.78, 5) is 0. The van der Waals surface area contributed by atoms with Crippen LogP contribution in [0.4, 0.5) is 13.2 Å². The summed E-state index contributed by atoms with van der Waals surface area (Å²) in [6, 6.07) is 52.8. The molecule has 0 saturated carbocycles. The van der Waals surface area contributed by atoms with Gasteiger partial charge in [0.2, 0.25) is 0 Å². The van der Waals surface area contributed by atoms with Gasteiger partial charge in [-0.1, -0.05) is 114 Å². The number of nitrogens with zero attached hydrogens (tertiary/aromatic N) is 4. The maximum absolute atomic E-state index is 15.0. The number of nitriles is 2. The Kier molecular flexibility index (Phi) is 8.91. The van der Waals surface area contributed by atoms with Gasteiger partial charge in [-0.15, -0.1) is 0 Å². The molecule has 10 rings (SSSR count). The van der Waals surface area contributed by atoms with E-state index in [4.69, 9.17) is 0 Å². The molecule has 0 amide bonds. The number of halogens is 3. The Hall–Kier alpha value is -7.87. The van der Waals surface area contributed by atoms with Gasteiger partial charge >= 0.3 is 6.18 Å².